The van der Waals surface area contributed by atoms with Gasteiger partial charge in [-0.05, 0) is 46.1 Å². The first-order valence-electron chi connectivity index (χ1n) is 5.91. The molecule has 2 rings (SSSR count). The van der Waals surface area contributed by atoms with Crippen molar-refractivity contribution in [2.75, 3.05) is 11.1 Å². The summed E-state index contributed by atoms with van der Waals surface area (Å²) in [6.07, 6.45) is 2.45. The van der Waals surface area contributed by atoms with Crippen molar-refractivity contribution in [1.29, 1.82) is 0 Å². The van der Waals surface area contributed by atoms with E-state index in [1.807, 2.05) is 12.1 Å². The highest BCUT2D eigenvalue weighted by molar-refractivity contribution is 9.10. The Kier molecular flexibility index (Phi) is 4.16. The Bertz CT molecular complexity index is 596. The van der Waals surface area contributed by atoms with Crippen LogP contribution in [0.3, 0.4) is 0 Å². The zero-order valence-corrected chi connectivity index (χ0v) is 12.1. The summed E-state index contributed by atoms with van der Waals surface area (Å²) in [6, 6.07) is 9.20. The van der Waals surface area contributed by atoms with Gasteiger partial charge < -0.3 is 11.1 Å². The maximum Gasteiger partial charge on any atom is 0.256 e. The highest BCUT2D eigenvalue weighted by atomic mass is 79.9. The molecule has 0 atom stereocenters. The third-order valence-electron chi connectivity index (χ3n) is 2.72. The Labute approximate surface area is 120 Å². The minimum absolute atomic E-state index is 0.194. The van der Waals surface area contributed by atoms with Crippen LogP contribution in [0.4, 0.5) is 11.5 Å². The molecule has 0 aliphatic heterocycles. The Balaban J connectivity index is 2.15. The number of rotatable bonds is 3. The van der Waals surface area contributed by atoms with E-state index >= 15 is 0 Å². The molecule has 1 amide bonds. The molecular formula is C14H14BrN3O. The van der Waals surface area contributed by atoms with Crippen LogP contribution in [0.2, 0.25) is 0 Å². The van der Waals surface area contributed by atoms with Gasteiger partial charge in [-0.15, -0.1) is 0 Å². The van der Waals surface area contributed by atoms with Gasteiger partial charge in [0.1, 0.15) is 5.82 Å². The van der Waals surface area contributed by atoms with Crippen molar-refractivity contribution in [1.82, 2.24) is 4.98 Å². The van der Waals surface area contributed by atoms with Crippen molar-refractivity contribution in [3.8, 4) is 0 Å². The number of carbonyl (C=O) groups excluding carboxylic acids is 1. The molecule has 1 aromatic carbocycles. The number of anilines is 2. The summed E-state index contributed by atoms with van der Waals surface area (Å²) in [5.41, 5.74) is 7.93. The number of hydrogen-bond acceptors (Lipinski definition) is 3. The van der Waals surface area contributed by atoms with E-state index < -0.39 is 0 Å². The number of benzene rings is 1. The lowest BCUT2D eigenvalue weighted by Crippen LogP contribution is -2.13. The Morgan fingerprint density at radius 2 is 2.05 bits per heavy atom. The highest BCUT2D eigenvalue weighted by Crippen LogP contribution is 2.22. The molecule has 98 valence electrons. The number of aryl methyl sites for hydroxylation is 1. The number of halogens is 1. The van der Waals surface area contributed by atoms with Gasteiger partial charge in [0, 0.05) is 5.56 Å². The van der Waals surface area contributed by atoms with Gasteiger partial charge in [0.25, 0.3) is 5.91 Å². The molecule has 1 aromatic heterocycles. The predicted molar refractivity (Wildman–Crippen MR) is 80.1 cm³/mol. The summed E-state index contributed by atoms with van der Waals surface area (Å²) < 4.78 is 0.658. The predicted octanol–water partition coefficient (Wildman–Crippen LogP) is 3.24. The number of nitrogens with one attached hydrogen (secondary N) is 1. The van der Waals surface area contributed by atoms with Crippen molar-refractivity contribution in [2.24, 2.45) is 0 Å². The summed E-state index contributed by atoms with van der Waals surface area (Å²) >= 11 is 3.31. The van der Waals surface area contributed by atoms with Crippen LogP contribution in [0, 0.1) is 0 Å². The molecule has 0 aliphatic rings. The fraction of sp³-hybridized carbons (Fsp3) is 0.143. The second-order valence-electron chi connectivity index (χ2n) is 4.10. The Morgan fingerprint density at radius 3 is 2.63 bits per heavy atom. The molecule has 0 bridgehead atoms. The molecular weight excluding hydrogens is 306 g/mol. The van der Waals surface area contributed by atoms with E-state index in [-0.39, 0.29) is 5.91 Å². The van der Waals surface area contributed by atoms with Gasteiger partial charge in [-0.1, -0.05) is 19.1 Å². The molecule has 0 aliphatic carbocycles. The molecule has 19 heavy (non-hydrogen) atoms. The van der Waals surface area contributed by atoms with Crippen LogP contribution in [0.5, 0.6) is 0 Å². The van der Waals surface area contributed by atoms with E-state index in [1.165, 1.54) is 11.8 Å². The average Bonchev–Trinajstić information content (AvgIpc) is 2.42. The smallest absolute Gasteiger partial charge is 0.256 e. The third-order valence-corrected chi connectivity index (χ3v) is 3.32. The first kappa shape index (κ1) is 13.5. The maximum absolute atomic E-state index is 12.0. The lowest BCUT2D eigenvalue weighted by atomic mass is 10.1. The molecule has 0 radical (unpaired) electrons. The van der Waals surface area contributed by atoms with Gasteiger partial charge in [0.15, 0.2) is 0 Å². The molecule has 3 N–H and O–H groups in total. The molecule has 4 nitrogen and oxygen atoms in total. The Hall–Kier alpha value is -1.88. The second-order valence-corrected chi connectivity index (χ2v) is 4.96. The first-order valence-corrected chi connectivity index (χ1v) is 6.70. The zero-order valence-electron chi connectivity index (χ0n) is 10.5. The van der Waals surface area contributed by atoms with Gasteiger partial charge in [-0.25, -0.2) is 4.98 Å². The summed E-state index contributed by atoms with van der Waals surface area (Å²) in [7, 11) is 0. The van der Waals surface area contributed by atoms with E-state index in [4.69, 9.17) is 5.73 Å². The number of nitrogen functional groups attached to an aromatic ring is 1. The van der Waals surface area contributed by atoms with Crippen LogP contribution in [-0.4, -0.2) is 10.9 Å². The minimum atomic E-state index is -0.194. The number of nitrogens with two attached hydrogens (primary N) is 1. The number of carbonyl (C=O) groups is 1. The minimum Gasteiger partial charge on any atom is -0.397 e. The van der Waals surface area contributed by atoms with E-state index in [2.05, 4.69) is 33.2 Å². The van der Waals surface area contributed by atoms with E-state index in [0.29, 0.717) is 21.5 Å². The monoisotopic (exact) mass is 319 g/mol. The lowest BCUT2D eigenvalue weighted by molar-refractivity contribution is 0.102. The van der Waals surface area contributed by atoms with Crippen molar-refractivity contribution in [3.63, 3.8) is 0 Å². The van der Waals surface area contributed by atoms with Crippen LogP contribution in [-0.2, 0) is 6.42 Å². The normalized spacial score (nSPS) is 10.2. The molecule has 0 unspecified atom stereocenters. The Morgan fingerprint density at radius 1 is 1.37 bits per heavy atom. The van der Waals surface area contributed by atoms with Crippen LogP contribution < -0.4 is 11.1 Å². The summed E-state index contributed by atoms with van der Waals surface area (Å²) in [6.45, 7) is 2.07. The van der Waals surface area contributed by atoms with E-state index in [1.54, 1.807) is 18.2 Å². The topological polar surface area (TPSA) is 68.0 Å². The molecule has 0 spiro atoms. The van der Waals surface area contributed by atoms with Crippen molar-refractivity contribution in [2.45, 2.75) is 13.3 Å². The van der Waals surface area contributed by atoms with Crippen LogP contribution >= 0.6 is 15.9 Å². The highest BCUT2D eigenvalue weighted by Gasteiger charge is 2.09. The standard InChI is InChI=1S/C14H14BrN3O/c1-2-9-3-5-10(6-4-9)14(19)18-13-12(15)7-11(16)8-17-13/h3-8H,2,16H2,1H3,(H,17,18,19). The van der Waals surface area contributed by atoms with Gasteiger partial charge in [-0.3, -0.25) is 4.79 Å². The fourth-order valence-electron chi connectivity index (χ4n) is 1.62. The van der Waals surface area contributed by atoms with Crippen molar-refractivity contribution in [3.05, 3.63) is 52.1 Å². The van der Waals surface area contributed by atoms with E-state index in [9.17, 15) is 4.79 Å². The van der Waals surface area contributed by atoms with Gasteiger partial charge in [-0.2, -0.15) is 0 Å². The molecule has 5 heteroatoms. The third kappa shape index (κ3) is 3.32. The van der Waals surface area contributed by atoms with Crippen molar-refractivity contribution < 1.29 is 4.79 Å². The summed E-state index contributed by atoms with van der Waals surface area (Å²) in [5.74, 6) is 0.263. The largest absolute Gasteiger partial charge is 0.397 e. The molecule has 0 saturated heterocycles. The van der Waals surface area contributed by atoms with Crippen LogP contribution in [0.25, 0.3) is 0 Å². The molecule has 2 aromatic rings. The van der Waals surface area contributed by atoms with Gasteiger partial charge >= 0.3 is 0 Å². The molecule has 0 fully saturated rings. The maximum atomic E-state index is 12.0. The summed E-state index contributed by atoms with van der Waals surface area (Å²) in [5, 5.41) is 2.74. The molecule has 1 heterocycles. The lowest BCUT2D eigenvalue weighted by Gasteiger charge is -2.07. The van der Waals surface area contributed by atoms with Crippen molar-refractivity contribution >= 4 is 33.3 Å². The number of aromatic nitrogens is 1. The molecule has 0 saturated carbocycles. The first-order chi connectivity index (χ1) is 9.10. The zero-order chi connectivity index (χ0) is 13.8. The van der Waals surface area contributed by atoms with Crippen LogP contribution in [0.1, 0.15) is 22.8 Å². The summed E-state index contributed by atoms with van der Waals surface area (Å²) in [4.78, 5) is 16.1. The second kappa shape index (κ2) is 5.84. The SMILES string of the molecule is CCc1ccc(C(=O)Nc2ncc(N)cc2Br)cc1. The van der Waals surface area contributed by atoms with Crippen LogP contribution in [0.15, 0.2) is 41.0 Å². The quantitative estimate of drug-likeness (QED) is 0.912. The number of pyridine rings is 1. The van der Waals surface area contributed by atoms with E-state index in [0.717, 1.165) is 6.42 Å². The fourth-order valence-corrected chi connectivity index (χ4v) is 2.08. The number of hydrogen-bond donors (Lipinski definition) is 2. The number of nitrogens with zero attached hydrogens (tertiary/aromatic N) is 1. The van der Waals surface area contributed by atoms with Gasteiger partial charge in [0.2, 0.25) is 0 Å². The average molecular weight is 320 g/mol. The van der Waals surface area contributed by atoms with Gasteiger partial charge in [0.05, 0.1) is 16.4 Å². The number of amides is 1.